The normalized spacial score (nSPS) is 12.5. The van der Waals surface area contributed by atoms with Gasteiger partial charge in [0, 0.05) is 5.75 Å². The quantitative estimate of drug-likeness (QED) is 0.385. The standard InChI is InChI=1S/C11H22O2S/c1-3-5-6-7-10(4-2)13-11(12)8-9-14/h10,14H,3-9H2,1-2H3. The second kappa shape index (κ2) is 9.38. The van der Waals surface area contributed by atoms with Crippen LogP contribution in [0.2, 0.25) is 0 Å². The van der Waals surface area contributed by atoms with Crippen LogP contribution in [-0.2, 0) is 9.53 Å². The number of hydrogen-bond acceptors (Lipinski definition) is 3. The van der Waals surface area contributed by atoms with E-state index in [4.69, 9.17) is 4.74 Å². The molecule has 0 aromatic rings. The molecule has 1 unspecified atom stereocenters. The highest BCUT2D eigenvalue weighted by atomic mass is 32.1. The number of carbonyl (C=O) groups is 1. The molecule has 3 heteroatoms. The Kier molecular flexibility index (Phi) is 9.26. The Morgan fingerprint density at radius 2 is 2.07 bits per heavy atom. The van der Waals surface area contributed by atoms with Crippen molar-refractivity contribution in [3.63, 3.8) is 0 Å². The van der Waals surface area contributed by atoms with E-state index in [0.29, 0.717) is 12.2 Å². The number of unbranched alkanes of at least 4 members (excludes halogenated alkanes) is 2. The third-order valence-corrected chi connectivity index (χ3v) is 2.42. The Labute approximate surface area is 92.8 Å². The van der Waals surface area contributed by atoms with Crippen molar-refractivity contribution in [2.75, 3.05) is 5.75 Å². The van der Waals surface area contributed by atoms with Crippen LogP contribution in [0, 0.1) is 0 Å². The van der Waals surface area contributed by atoms with Gasteiger partial charge in [0.25, 0.3) is 0 Å². The molecule has 0 aliphatic rings. The fourth-order valence-electron chi connectivity index (χ4n) is 1.30. The van der Waals surface area contributed by atoms with E-state index in [1.54, 1.807) is 0 Å². The first-order chi connectivity index (χ1) is 6.74. The molecule has 0 spiro atoms. The monoisotopic (exact) mass is 218 g/mol. The van der Waals surface area contributed by atoms with Crippen molar-refractivity contribution < 1.29 is 9.53 Å². The molecule has 0 rings (SSSR count). The summed E-state index contributed by atoms with van der Waals surface area (Å²) in [5, 5.41) is 0. The van der Waals surface area contributed by atoms with Crippen LogP contribution in [-0.4, -0.2) is 17.8 Å². The predicted molar refractivity (Wildman–Crippen MR) is 62.8 cm³/mol. The zero-order valence-corrected chi connectivity index (χ0v) is 10.2. The molecule has 0 fully saturated rings. The summed E-state index contributed by atoms with van der Waals surface area (Å²) in [5.41, 5.74) is 0. The Bertz CT molecular complexity index is 148. The van der Waals surface area contributed by atoms with Crippen LogP contribution < -0.4 is 0 Å². The summed E-state index contributed by atoms with van der Waals surface area (Å²) in [7, 11) is 0. The van der Waals surface area contributed by atoms with Gasteiger partial charge in [0.1, 0.15) is 6.10 Å². The first-order valence-electron chi connectivity index (χ1n) is 5.54. The van der Waals surface area contributed by atoms with Crippen LogP contribution in [0.1, 0.15) is 52.4 Å². The van der Waals surface area contributed by atoms with Gasteiger partial charge in [0.05, 0.1) is 6.42 Å². The molecule has 0 aliphatic carbocycles. The van der Waals surface area contributed by atoms with Gasteiger partial charge in [0.2, 0.25) is 0 Å². The SMILES string of the molecule is CCCCCC(CC)OC(=O)CCS. The smallest absolute Gasteiger partial charge is 0.306 e. The first kappa shape index (κ1) is 13.8. The first-order valence-corrected chi connectivity index (χ1v) is 6.18. The summed E-state index contributed by atoms with van der Waals surface area (Å²) in [6, 6.07) is 0. The fraction of sp³-hybridized carbons (Fsp3) is 0.909. The summed E-state index contributed by atoms with van der Waals surface area (Å²) in [6.45, 7) is 4.23. The van der Waals surface area contributed by atoms with Crippen LogP contribution >= 0.6 is 12.6 Å². The fourth-order valence-corrected chi connectivity index (χ4v) is 1.49. The number of thiol groups is 1. The highest BCUT2D eigenvalue weighted by Gasteiger charge is 2.10. The van der Waals surface area contributed by atoms with E-state index in [0.717, 1.165) is 19.3 Å². The third-order valence-electron chi connectivity index (χ3n) is 2.20. The van der Waals surface area contributed by atoms with E-state index >= 15 is 0 Å². The Hall–Kier alpha value is -0.180. The van der Waals surface area contributed by atoms with Gasteiger partial charge in [-0.05, 0) is 19.3 Å². The molecule has 0 aromatic carbocycles. The zero-order chi connectivity index (χ0) is 10.8. The summed E-state index contributed by atoms with van der Waals surface area (Å²) in [5.74, 6) is 0.466. The van der Waals surface area contributed by atoms with Crippen molar-refractivity contribution in [3.8, 4) is 0 Å². The summed E-state index contributed by atoms with van der Waals surface area (Å²) < 4.78 is 5.30. The molecule has 0 amide bonds. The minimum Gasteiger partial charge on any atom is -0.462 e. The second-order valence-electron chi connectivity index (χ2n) is 3.49. The molecular weight excluding hydrogens is 196 g/mol. The van der Waals surface area contributed by atoms with Gasteiger partial charge in [-0.25, -0.2) is 0 Å². The molecule has 0 saturated carbocycles. The van der Waals surface area contributed by atoms with Gasteiger partial charge in [-0.15, -0.1) is 0 Å². The van der Waals surface area contributed by atoms with E-state index < -0.39 is 0 Å². The molecule has 14 heavy (non-hydrogen) atoms. The molecular formula is C11H22O2S. The summed E-state index contributed by atoms with van der Waals surface area (Å²) >= 11 is 4.00. The molecule has 0 aliphatic heterocycles. The number of carbonyl (C=O) groups excluding carboxylic acids is 1. The van der Waals surface area contributed by atoms with Crippen molar-refractivity contribution in [1.82, 2.24) is 0 Å². The minimum absolute atomic E-state index is 0.108. The van der Waals surface area contributed by atoms with Crippen molar-refractivity contribution in [3.05, 3.63) is 0 Å². The third kappa shape index (κ3) is 7.25. The number of hydrogen-bond donors (Lipinski definition) is 1. The van der Waals surface area contributed by atoms with Crippen molar-refractivity contribution >= 4 is 18.6 Å². The Morgan fingerprint density at radius 1 is 1.36 bits per heavy atom. The minimum atomic E-state index is -0.108. The number of esters is 1. The molecule has 2 nitrogen and oxygen atoms in total. The molecule has 0 bridgehead atoms. The molecule has 0 heterocycles. The number of rotatable bonds is 8. The van der Waals surface area contributed by atoms with Gasteiger partial charge in [-0.1, -0.05) is 26.7 Å². The predicted octanol–water partition coefficient (Wildman–Crippen LogP) is 3.21. The van der Waals surface area contributed by atoms with Crippen molar-refractivity contribution in [2.45, 2.75) is 58.5 Å². The van der Waals surface area contributed by atoms with Crippen LogP contribution in [0.3, 0.4) is 0 Å². The molecule has 1 atom stereocenters. The van der Waals surface area contributed by atoms with E-state index in [-0.39, 0.29) is 12.1 Å². The van der Waals surface area contributed by atoms with Gasteiger partial charge in [0.15, 0.2) is 0 Å². The van der Waals surface area contributed by atoms with Crippen LogP contribution in [0.15, 0.2) is 0 Å². The lowest BCUT2D eigenvalue weighted by molar-refractivity contribution is -0.149. The maximum Gasteiger partial charge on any atom is 0.306 e. The second-order valence-corrected chi connectivity index (χ2v) is 3.94. The molecule has 0 radical (unpaired) electrons. The summed E-state index contributed by atoms with van der Waals surface area (Å²) in [4.78, 5) is 11.2. The molecule has 0 N–H and O–H groups in total. The maximum atomic E-state index is 11.2. The summed E-state index contributed by atoms with van der Waals surface area (Å²) in [6.07, 6.45) is 6.05. The van der Waals surface area contributed by atoms with E-state index in [1.807, 2.05) is 0 Å². The lowest BCUT2D eigenvalue weighted by Gasteiger charge is -2.15. The molecule has 0 saturated heterocycles. The van der Waals surface area contributed by atoms with Crippen molar-refractivity contribution in [2.24, 2.45) is 0 Å². The molecule has 0 aromatic heterocycles. The average molecular weight is 218 g/mol. The van der Waals surface area contributed by atoms with E-state index in [1.165, 1.54) is 12.8 Å². The number of ether oxygens (including phenoxy) is 1. The van der Waals surface area contributed by atoms with Crippen LogP contribution in [0.25, 0.3) is 0 Å². The highest BCUT2D eigenvalue weighted by Crippen LogP contribution is 2.10. The topological polar surface area (TPSA) is 26.3 Å². The Balaban J connectivity index is 3.61. The zero-order valence-electron chi connectivity index (χ0n) is 9.29. The lowest BCUT2D eigenvalue weighted by Crippen LogP contribution is -2.17. The van der Waals surface area contributed by atoms with Gasteiger partial charge < -0.3 is 4.74 Å². The molecule has 84 valence electrons. The average Bonchev–Trinajstić information content (AvgIpc) is 2.17. The van der Waals surface area contributed by atoms with E-state index in [9.17, 15) is 4.79 Å². The van der Waals surface area contributed by atoms with E-state index in [2.05, 4.69) is 26.5 Å². The lowest BCUT2D eigenvalue weighted by atomic mass is 10.1. The van der Waals surface area contributed by atoms with Gasteiger partial charge in [-0.2, -0.15) is 12.6 Å². The Morgan fingerprint density at radius 3 is 2.57 bits per heavy atom. The largest absolute Gasteiger partial charge is 0.462 e. The van der Waals surface area contributed by atoms with Crippen LogP contribution in [0.5, 0.6) is 0 Å². The maximum absolute atomic E-state index is 11.2. The van der Waals surface area contributed by atoms with Gasteiger partial charge in [-0.3, -0.25) is 4.79 Å². The van der Waals surface area contributed by atoms with Gasteiger partial charge >= 0.3 is 5.97 Å². The van der Waals surface area contributed by atoms with Crippen molar-refractivity contribution in [1.29, 1.82) is 0 Å². The van der Waals surface area contributed by atoms with Crippen LogP contribution in [0.4, 0.5) is 0 Å². The highest BCUT2D eigenvalue weighted by molar-refractivity contribution is 7.80.